The van der Waals surface area contributed by atoms with Crippen LogP contribution in [0.5, 0.6) is 0 Å². The quantitative estimate of drug-likeness (QED) is 0.266. The molecular weight excluding hydrogens is 484 g/mol. The summed E-state index contributed by atoms with van der Waals surface area (Å²) in [4.78, 5) is 42.0. The summed E-state index contributed by atoms with van der Waals surface area (Å²) >= 11 is 0. The molecule has 0 saturated heterocycles. The Balaban J connectivity index is 1.64. The van der Waals surface area contributed by atoms with Crippen LogP contribution in [0.3, 0.4) is 0 Å². The largest absolute Gasteiger partial charge is 0.456 e. The van der Waals surface area contributed by atoms with Crippen LogP contribution in [0.1, 0.15) is 81.5 Å². The average Bonchev–Trinajstić information content (AvgIpc) is 3.16. The third kappa shape index (κ3) is 8.61. The standard InChI is InChI=1S/C29H38N4O5/c1-28(2,3)37-25(35)21-14-12-13-20(19-21)24(34)32-26-31-22-15-8-9-16-23(22)33(26)18-11-7-10-17-30-27(36)38-29(4,5)6/h8-9,12-16,19H,7,10-11,17-18H2,1-6H3,(H,30,36)(H,31,32,34). The third-order valence-electron chi connectivity index (χ3n) is 5.37. The number of rotatable bonds is 9. The number of anilines is 1. The molecule has 9 nitrogen and oxygen atoms in total. The molecule has 3 aromatic rings. The van der Waals surface area contributed by atoms with Gasteiger partial charge in [0.2, 0.25) is 5.95 Å². The predicted octanol–water partition coefficient (Wildman–Crippen LogP) is 5.94. The molecule has 204 valence electrons. The number of ether oxygens (including phenoxy) is 2. The highest BCUT2D eigenvalue weighted by molar-refractivity contribution is 6.05. The zero-order valence-corrected chi connectivity index (χ0v) is 23.1. The van der Waals surface area contributed by atoms with Gasteiger partial charge in [0.25, 0.3) is 5.91 Å². The van der Waals surface area contributed by atoms with E-state index < -0.39 is 23.3 Å². The van der Waals surface area contributed by atoms with E-state index in [9.17, 15) is 14.4 Å². The van der Waals surface area contributed by atoms with E-state index in [1.54, 1.807) is 39.0 Å². The smallest absolute Gasteiger partial charge is 0.407 e. The lowest BCUT2D eigenvalue weighted by atomic mass is 10.1. The fraction of sp³-hybridized carbons (Fsp3) is 0.448. The van der Waals surface area contributed by atoms with E-state index in [4.69, 9.17) is 9.47 Å². The van der Waals surface area contributed by atoms with Crippen molar-refractivity contribution in [1.82, 2.24) is 14.9 Å². The number of carbonyl (C=O) groups is 3. The van der Waals surface area contributed by atoms with Gasteiger partial charge in [0.05, 0.1) is 16.6 Å². The number of benzene rings is 2. The normalized spacial score (nSPS) is 11.7. The zero-order valence-electron chi connectivity index (χ0n) is 23.1. The molecule has 0 aliphatic rings. The second-order valence-electron chi connectivity index (χ2n) is 11.1. The number of carbonyl (C=O) groups excluding carboxylic acids is 3. The number of imidazole rings is 1. The van der Waals surface area contributed by atoms with Crippen molar-refractivity contribution in [3.63, 3.8) is 0 Å². The average molecular weight is 523 g/mol. The topological polar surface area (TPSA) is 112 Å². The second kappa shape index (κ2) is 12.1. The first-order valence-electron chi connectivity index (χ1n) is 12.9. The molecule has 2 N–H and O–H groups in total. The van der Waals surface area contributed by atoms with Gasteiger partial charge in [-0.2, -0.15) is 0 Å². The molecular formula is C29H38N4O5. The van der Waals surface area contributed by atoms with Crippen LogP contribution in [-0.2, 0) is 16.0 Å². The number of alkyl carbamates (subject to hydrolysis) is 1. The lowest BCUT2D eigenvalue weighted by Gasteiger charge is -2.19. The number of aromatic nitrogens is 2. The Morgan fingerprint density at radius 2 is 1.53 bits per heavy atom. The van der Waals surface area contributed by atoms with E-state index in [2.05, 4.69) is 15.6 Å². The van der Waals surface area contributed by atoms with Crippen molar-refractivity contribution in [3.05, 3.63) is 59.7 Å². The lowest BCUT2D eigenvalue weighted by Crippen LogP contribution is -2.33. The number of hydrogen-bond donors (Lipinski definition) is 2. The molecule has 1 aromatic heterocycles. The van der Waals surface area contributed by atoms with Crippen molar-refractivity contribution in [1.29, 1.82) is 0 Å². The van der Waals surface area contributed by atoms with Crippen molar-refractivity contribution in [3.8, 4) is 0 Å². The van der Waals surface area contributed by atoms with Gasteiger partial charge >= 0.3 is 12.1 Å². The number of aryl methyl sites for hydroxylation is 1. The zero-order chi connectivity index (χ0) is 27.9. The summed E-state index contributed by atoms with van der Waals surface area (Å²) in [5.74, 6) is -0.417. The first-order chi connectivity index (χ1) is 17.8. The third-order valence-corrected chi connectivity index (χ3v) is 5.37. The molecule has 0 radical (unpaired) electrons. The molecule has 3 rings (SSSR count). The summed E-state index contributed by atoms with van der Waals surface area (Å²) in [6.07, 6.45) is 2.07. The Labute approximate surface area is 223 Å². The van der Waals surface area contributed by atoms with Crippen molar-refractivity contribution in [2.24, 2.45) is 0 Å². The number of para-hydroxylation sites is 2. The highest BCUT2D eigenvalue weighted by atomic mass is 16.6. The van der Waals surface area contributed by atoms with Crippen LogP contribution in [0.2, 0.25) is 0 Å². The monoisotopic (exact) mass is 522 g/mol. The van der Waals surface area contributed by atoms with Gasteiger partial charge in [0.1, 0.15) is 11.2 Å². The Morgan fingerprint density at radius 3 is 2.24 bits per heavy atom. The minimum Gasteiger partial charge on any atom is -0.456 e. The van der Waals surface area contributed by atoms with Crippen molar-refractivity contribution >= 4 is 35.0 Å². The van der Waals surface area contributed by atoms with Crippen LogP contribution in [0.4, 0.5) is 10.7 Å². The number of nitrogens with one attached hydrogen (secondary N) is 2. The van der Waals surface area contributed by atoms with E-state index in [-0.39, 0.29) is 5.91 Å². The van der Waals surface area contributed by atoms with Crippen LogP contribution in [-0.4, -0.2) is 45.3 Å². The number of hydrogen-bond acceptors (Lipinski definition) is 6. The van der Waals surface area contributed by atoms with Gasteiger partial charge in [-0.25, -0.2) is 14.6 Å². The van der Waals surface area contributed by atoms with Crippen LogP contribution in [0.15, 0.2) is 48.5 Å². The van der Waals surface area contributed by atoms with Crippen molar-refractivity contribution in [2.75, 3.05) is 11.9 Å². The maximum absolute atomic E-state index is 13.1. The van der Waals surface area contributed by atoms with E-state index in [0.717, 1.165) is 30.3 Å². The van der Waals surface area contributed by atoms with Crippen molar-refractivity contribution in [2.45, 2.75) is 78.6 Å². The second-order valence-corrected chi connectivity index (χ2v) is 11.1. The molecule has 38 heavy (non-hydrogen) atoms. The fourth-order valence-electron chi connectivity index (χ4n) is 3.77. The summed E-state index contributed by atoms with van der Waals surface area (Å²) in [6.45, 7) is 12.0. The highest BCUT2D eigenvalue weighted by Gasteiger charge is 2.20. The van der Waals surface area contributed by atoms with E-state index in [0.29, 0.717) is 30.2 Å². The van der Waals surface area contributed by atoms with Crippen LogP contribution in [0.25, 0.3) is 11.0 Å². The first-order valence-corrected chi connectivity index (χ1v) is 12.9. The van der Waals surface area contributed by atoms with Gasteiger partial charge in [-0.15, -0.1) is 0 Å². The molecule has 0 aliphatic carbocycles. The molecule has 0 spiro atoms. The molecule has 0 fully saturated rings. The van der Waals surface area contributed by atoms with E-state index in [1.165, 1.54) is 6.07 Å². The molecule has 0 atom stereocenters. The number of fused-ring (bicyclic) bond motifs is 1. The maximum Gasteiger partial charge on any atom is 0.407 e. The number of esters is 1. The van der Waals surface area contributed by atoms with Gasteiger partial charge in [-0.3, -0.25) is 10.1 Å². The number of unbranched alkanes of at least 4 members (excludes halogenated alkanes) is 2. The van der Waals surface area contributed by atoms with Crippen LogP contribution in [0, 0.1) is 0 Å². The van der Waals surface area contributed by atoms with Crippen molar-refractivity contribution < 1.29 is 23.9 Å². The Hall–Kier alpha value is -3.88. The predicted molar refractivity (Wildman–Crippen MR) is 147 cm³/mol. The van der Waals surface area contributed by atoms with Gasteiger partial charge in [0, 0.05) is 18.7 Å². The fourth-order valence-corrected chi connectivity index (χ4v) is 3.77. The minimum atomic E-state index is -0.633. The number of nitrogens with zero attached hydrogens (tertiary/aromatic N) is 2. The molecule has 0 bridgehead atoms. The first kappa shape index (κ1) is 28.7. The molecule has 0 unspecified atom stereocenters. The van der Waals surface area contributed by atoms with Gasteiger partial charge in [0.15, 0.2) is 0 Å². The highest BCUT2D eigenvalue weighted by Crippen LogP contribution is 2.22. The summed E-state index contributed by atoms with van der Waals surface area (Å²) in [7, 11) is 0. The Morgan fingerprint density at radius 1 is 0.842 bits per heavy atom. The summed E-state index contributed by atoms with van der Waals surface area (Å²) in [6, 6.07) is 14.1. The summed E-state index contributed by atoms with van der Waals surface area (Å²) < 4.78 is 12.7. The van der Waals surface area contributed by atoms with E-state index in [1.807, 2.05) is 49.6 Å². The molecule has 0 aliphatic heterocycles. The minimum absolute atomic E-state index is 0.307. The molecule has 2 amide bonds. The summed E-state index contributed by atoms with van der Waals surface area (Å²) in [5, 5.41) is 5.68. The number of amides is 2. The Kier molecular flexibility index (Phi) is 9.14. The van der Waals surface area contributed by atoms with Gasteiger partial charge < -0.3 is 19.4 Å². The lowest BCUT2D eigenvalue weighted by molar-refractivity contribution is 0.00691. The Bertz CT molecular complexity index is 1280. The molecule has 2 aromatic carbocycles. The van der Waals surface area contributed by atoms with Crippen LogP contribution < -0.4 is 10.6 Å². The van der Waals surface area contributed by atoms with E-state index >= 15 is 0 Å². The maximum atomic E-state index is 13.1. The summed E-state index contributed by atoms with van der Waals surface area (Å²) in [5.41, 5.74) is 1.17. The molecule has 0 saturated carbocycles. The molecule has 9 heteroatoms. The van der Waals surface area contributed by atoms with Gasteiger partial charge in [-0.05, 0) is 91.1 Å². The SMILES string of the molecule is CC(C)(C)OC(=O)NCCCCCn1c(NC(=O)c2cccc(C(=O)OC(C)(C)C)c2)nc2ccccc21. The molecule has 1 heterocycles. The van der Waals surface area contributed by atoms with Gasteiger partial charge in [-0.1, -0.05) is 18.2 Å². The van der Waals surface area contributed by atoms with Crippen LogP contribution >= 0.6 is 0 Å².